The Kier molecular flexibility index (Phi) is 3.87. The van der Waals surface area contributed by atoms with Gasteiger partial charge in [0.05, 0.1) is 11.8 Å². The molecule has 0 aromatic heterocycles. The normalized spacial score (nSPS) is 21.4. The van der Waals surface area contributed by atoms with Crippen molar-refractivity contribution in [2.24, 2.45) is 11.8 Å². The summed E-state index contributed by atoms with van der Waals surface area (Å²) in [6.45, 7) is 0.502. The van der Waals surface area contributed by atoms with Crippen LogP contribution < -0.4 is 5.32 Å². The highest BCUT2D eigenvalue weighted by atomic mass is 35.5. The minimum absolute atomic E-state index is 0.163. The van der Waals surface area contributed by atoms with Crippen LogP contribution in [0.3, 0.4) is 0 Å². The van der Waals surface area contributed by atoms with E-state index in [1.165, 1.54) is 0 Å². The SMILES string of the molecule is O=C(O)C1CC1C(=O)NCCc1cccc(Cl)c1. The molecule has 2 rings (SSSR count). The minimum Gasteiger partial charge on any atom is -0.481 e. The molecule has 5 heteroatoms. The van der Waals surface area contributed by atoms with E-state index in [2.05, 4.69) is 5.32 Å². The third-order valence-corrected chi connectivity index (χ3v) is 3.28. The van der Waals surface area contributed by atoms with Gasteiger partial charge in [0.15, 0.2) is 0 Å². The number of carbonyl (C=O) groups is 2. The molecule has 18 heavy (non-hydrogen) atoms. The molecule has 1 aliphatic rings. The smallest absolute Gasteiger partial charge is 0.307 e. The standard InChI is InChI=1S/C13H14ClNO3/c14-9-3-1-2-8(6-9)4-5-15-12(16)10-7-11(10)13(17)18/h1-3,6,10-11H,4-5,7H2,(H,15,16)(H,17,18). The molecule has 0 heterocycles. The maximum atomic E-state index is 11.6. The summed E-state index contributed by atoms with van der Waals surface area (Å²) in [4.78, 5) is 22.2. The molecule has 2 unspecified atom stereocenters. The van der Waals surface area contributed by atoms with Gasteiger partial charge in [0.1, 0.15) is 0 Å². The van der Waals surface area contributed by atoms with Crippen molar-refractivity contribution in [3.8, 4) is 0 Å². The van der Waals surface area contributed by atoms with Crippen molar-refractivity contribution in [1.82, 2.24) is 5.32 Å². The molecule has 96 valence electrons. The zero-order chi connectivity index (χ0) is 13.1. The van der Waals surface area contributed by atoms with Gasteiger partial charge in [0.25, 0.3) is 0 Å². The lowest BCUT2D eigenvalue weighted by atomic mass is 10.1. The van der Waals surface area contributed by atoms with Crippen LogP contribution in [0.15, 0.2) is 24.3 Å². The van der Waals surface area contributed by atoms with Crippen LogP contribution in [0.4, 0.5) is 0 Å². The molecule has 0 bridgehead atoms. The zero-order valence-corrected chi connectivity index (χ0v) is 10.5. The van der Waals surface area contributed by atoms with Gasteiger partial charge in [-0.05, 0) is 30.5 Å². The average Bonchev–Trinajstić information content (AvgIpc) is 3.09. The highest BCUT2D eigenvalue weighted by Gasteiger charge is 2.48. The number of amides is 1. The second-order valence-corrected chi connectivity index (χ2v) is 4.89. The number of carbonyl (C=O) groups excluding carboxylic acids is 1. The van der Waals surface area contributed by atoms with Crippen molar-refractivity contribution in [3.05, 3.63) is 34.9 Å². The maximum absolute atomic E-state index is 11.6. The summed E-state index contributed by atoms with van der Waals surface area (Å²) in [5.41, 5.74) is 1.05. The van der Waals surface area contributed by atoms with Gasteiger partial charge in [-0.15, -0.1) is 0 Å². The third-order valence-electron chi connectivity index (χ3n) is 3.05. The van der Waals surface area contributed by atoms with E-state index < -0.39 is 11.9 Å². The first-order valence-corrected chi connectivity index (χ1v) is 6.20. The summed E-state index contributed by atoms with van der Waals surface area (Å²) in [5, 5.41) is 12.1. The first-order valence-electron chi connectivity index (χ1n) is 5.83. The van der Waals surface area contributed by atoms with Crippen LogP contribution in [0.25, 0.3) is 0 Å². The molecule has 0 radical (unpaired) electrons. The van der Waals surface area contributed by atoms with E-state index in [-0.39, 0.29) is 11.8 Å². The number of carboxylic acids is 1. The molecule has 1 aromatic carbocycles. The zero-order valence-electron chi connectivity index (χ0n) is 9.73. The van der Waals surface area contributed by atoms with Crippen LogP contribution >= 0.6 is 11.6 Å². The average molecular weight is 268 g/mol. The fourth-order valence-corrected chi connectivity index (χ4v) is 2.12. The predicted molar refractivity (Wildman–Crippen MR) is 67.4 cm³/mol. The predicted octanol–water partition coefficient (Wildman–Crippen LogP) is 1.72. The fourth-order valence-electron chi connectivity index (χ4n) is 1.91. The molecule has 0 saturated heterocycles. The van der Waals surface area contributed by atoms with Crippen molar-refractivity contribution in [1.29, 1.82) is 0 Å². The number of benzene rings is 1. The van der Waals surface area contributed by atoms with E-state index in [4.69, 9.17) is 16.7 Å². The first kappa shape index (κ1) is 12.9. The van der Waals surface area contributed by atoms with E-state index >= 15 is 0 Å². The molecule has 4 nitrogen and oxygen atoms in total. The topological polar surface area (TPSA) is 66.4 Å². The van der Waals surface area contributed by atoms with Crippen LogP contribution in [-0.4, -0.2) is 23.5 Å². The molecule has 1 saturated carbocycles. The largest absolute Gasteiger partial charge is 0.481 e. The summed E-state index contributed by atoms with van der Waals surface area (Å²) in [7, 11) is 0. The number of hydrogen-bond donors (Lipinski definition) is 2. The summed E-state index contributed by atoms with van der Waals surface area (Å²) in [6, 6.07) is 7.45. The number of aliphatic carboxylic acids is 1. The van der Waals surface area contributed by atoms with Gasteiger partial charge >= 0.3 is 5.97 Å². The van der Waals surface area contributed by atoms with Crippen molar-refractivity contribution in [2.75, 3.05) is 6.54 Å². The van der Waals surface area contributed by atoms with Gasteiger partial charge in [-0.2, -0.15) is 0 Å². The molecule has 2 N–H and O–H groups in total. The molecule has 1 aliphatic carbocycles. The number of halogens is 1. The summed E-state index contributed by atoms with van der Waals surface area (Å²) < 4.78 is 0. The third kappa shape index (κ3) is 3.23. The number of hydrogen-bond acceptors (Lipinski definition) is 2. The Bertz CT molecular complexity index is 475. The van der Waals surface area contributed by atoms with Crippen LogP contribution in [0, 0.1) is 11.8 Å². The number of nitrogens with one attached hydrogen (secondary N) is 1. The molecule has 1 amide bonds. The Balaban J connectivity index is 1.73. The quantitative estimate of drug-likeness (QED) is 0.854. The lowest BCUT2D eigenvalue weighted by Gasteiger charge is -2.05. The van der Waals surface area contributed by atoms with Crippen molar-refractivity contribution in [2.45, 2.75) is 12.8 Å². The Morgan fingerprint density at radius 3 is 2.78 bits per heavy atom. The maximum Gasteiger partial charge on any atom is 0.307 e. The molecule has 1 aromatic rings. The Morgan fingerprint density at radius 2 is 2.17 bits per heavy atom. The second-order valence-electron chi connectivity index (χ2n) is 4.46. The van der Waals surface area contributed by atoms with Crippen LogP contribution in [-0.2, 0) is 16.0 Å². The highest BCUT2D eigenvalue weighted by Crippen LogP contribution is 2.38. The lowest BCUT2D eigenvalue weighted by Crippen LogP contribution is -2.28. The highest BCUT2D eigenvalue weighted by molar-refractivity contribution is 6.30. The van der Waals surface area contributed by atoms with Gasteiger partial charge in [-0.3, -0.25) is 9.59 Å². The molecule has 2 atom stereocenters. The van der Waals surface area contributed by atoms with E-state index in [1.807, 2.05) is 18.2 Å². The molecular formula is C13H14ClNO3. The van der Waals surface area contributed by atoms with Gasteiger partial charge in [0.2, 0.25) is 5.91 Å². The summed E-state index contributed by atoms with van der Waals surface area (Å²) in [6.07, 6.45) is 1.15. The van der Waals surface area contributed by atoms with Gasteiger partial charge in [-0.1, -0.05) is 23.7 Å². The molecule has 0 aliphatic heterocycles. The van der Waals surface area contributed by atoms with E-state index in [0.29, 0.717) is 24.4 Å². The van der Waals surface area contributed by atoms with Crippen molar-refractivity contribution < 1.29 is 14.7 Å². The Labute approximate surface area is 110 Å². The Hall–Kier alpha value is -1.55. The van der Waals surface area contributed by atoms with Crippen LogP contribution in [0.2, 0.25) is 5.02 Å². The van der Waals surface area contributed by atoms with Crippen LogP contribution in [0.5, 0.6) is 0 Å². The van der Waals surface area contributed by atoms with Gasteiger partial charge in [0, 0.05) is 11.6 Å². The number of carboxylic acid groups (broad SMARTS) is 1. The monoisotopic (exact) mass is 267 g/mol. The Morgan fingerprint density at radius 1 is 1.39 bits per heavy atom. The minimum atomic E-state index is -0.884. The van der Waals surface area contributed by atoms with Crippen molar-refractivity contribution >= 4 is 23.5 Å². The summed E-state index contributed by atoms with van der Waals surface area (Å²) in [5.74, 6) is -1.88. The van der Waals surface area contributed by atoms with Crippen molar-refractivity contribution in [3.63, 3.8) is 0 Å². The second kappa shape index (κ2) is 5.40. The molecule has 1 fully saturated rings. The molecular weight excluding hydrogens is 254 g/mol. The van der Waals surface area contributed by atoms with E-state index in [9.17, 15) is 9.59 Å². The first-order chi connectivity index (χ1) is 8.58. The van der Waals surface area contributed by atoms with Crippen LogP contribution in [0.1, 0.15) is 12.0 Å². The van der Waals surface area contributed by atoms with E-state index in [0.717, 1.165) is 5.56 Å². The molecule has 0 spiro atoms. The van der Waals surface area contributed by atoms with Gasteiger partial charge < -0.3 is 10.4 Å². The lowest BCUT2D eigenvalue weighted by molar-refractivity contribution is -0.140. The fraction of sp³-hybridized carbons (Fsp3) is 0.385. The summed E-state index contributed by atoms with van der Waals surface area (Å²) >= 11 is 5.85. The number of rotatable bonds is 5. The van der Waals surface area contributed by atoms with E-state index in [1.54, 1.807) is 6.07 Å². The van der Waals surface area contributed by atoms with Gasteiger partial charge in [-0.25, -0.2) is 0 Å².